The number of halogens is 2. The van der Waals surface area contributed by atoms with E-state index in [-0.39, 0.29) is 16.9 Å². The van der Waals surface area contributed by atoms with Gasteiger partial charge in [0, 0.05) is 12.1 Å². The molecule has 0 unspecified atom stereocenters. The molecule has 0 heterocycles. The predicted octanol–water partition coefficient (Wildman–Crippen LogP) is 2.60. The average Bonchev–Trinajstić information content (AvgIpc) is 2.28. The van der Waals surface area contributed by atoms with Crippen LogP contribution >= 0.6 is 0 Å². The fourth-order valence-electron chi connectivity index (χ4n) is 1.37. The Balaban J connectivity index is 3.30. The molecule has 0 saturated carbocycles. The van der Waals surface area contributed by atoms with Gasteiger partial charge in [-0.25, -0.2) is 4.79 Å². The molecule has 1 rings (SSSR count). The van der Waals surface area contributed by atoms with Crippen LogP contribution in [0.15, 0.2) is 18.2 Å². The zero-order valence-corrected chi connectivity index (χ0v) is 9.67. The van der Waals surface area contributed by atoms with Crippen molar-refractivity contribution in [1.29, 1.82) is 0 Å². The van der Waals surface area contributed by atoms with Crippen LogP contribution in [-0.4, -0.2) is 22.6 Å². The fraction of sp³-hybridized carbons (Fsp3) is 0.182. The highest BCUT2D eigenvalue weighted by molar-refractivity contribution is 5.85. The van der Waals surface area contributed by atoms with Crippen LogP contribution < -0.4 is 4.74 Å². The van der Waals surface area contributed by atoms with Crippen LogP contribution in [0.3, 0.4) is 0 Å². The minimum absolute atomic E-state index is 0.0576. The molecular formula is C11H9F2NO5. The van der Waals surface area contributed by atoms with Crippen LogP contribution in [0, 0.1) is 17.0 Å². The van der Waals surface area contributed by atoms with E-state index < -0.39 is 23.2 Å². The maximum atomic E-state index is 12.2. The first-order valence-corrected chi connectivity index (χ1v) is 4.96. The lowest BCUT2D eigenvalue weighted by Crippen LogP contribution is -2.05. The third-order valence-corrected chi connectivity index (χ3v) is 2.19. The molecule has 102 valence electrons. The van der Waals surface area contributed by atoms with Crippen molar-refractivity contribution >= 4 is 17.7 Å². The average molecular weight is 273 g/mol. The highest BCUT2D eigenvalue weighted by atomic mass is 19.3. The third kappa shape index (κ3) is 4.02. The summed E-state index contributed by atoms with van der Waals surface area (Å²) in [6, 6.07) is 2.18. The van der Waals surface area contributed by atoms with Gasteiger partial charge >= 0.3 is 12.6 Å². The number of nitro benzene ring substituents is 1. The molecule has 0 bridgehead atoms. The molecular weight excluding hydrogens is 264 g/mol. The van der Waals surface area contributed by atoms with Gasteiger partial charge in [-0.3, -0.25) is 10.1 Å². The second-order valence-electron chi connectivity index (χ2n) is 3.47. The number of nitro groups is 1. The van der Waals surface area contributed by atoms with Crippen molar-refractivity contribution in [2.45, 2.75) is 13.5 Å². The van der Waals surface area contributed by atoms with E-state index in [1.54, 1.807) is 0 Å². The number of hydrogen-bond acceptors (Lipinski definition) is 4. The highest BCUT2D eigenvalue weighted by Gasteiger charge is 2.18. The molecule has 0 fully saturated rings. The molecule has 0 aliphatic rings. The lowest BCUT2D eigenvalue weighted by molar-refractivity contribution is -0.385. The van der Waals surface area contributed by atoms with Crippen LogP contribution in [0.25, 0.3) is 6.08 Å². The molecule has 0 radical (unpaired) electrons. The summed E-state index contributed by atoms with van der Waals surface area (Å²) in [4.78, 5) is 20.4. The molecule has 0 saturated heterocycles. The number of carboxylic acids is 1. The molecule has 0 atom stereocenters. The largest absolute Gasteiger partial charge is 0.478 e. The van der Waals surface area contributed by atoms with Gasteiger partial charge in [0.25, 0.3) is 5.69 Å². The number of nitrogens with zero attached hydrogens (tertiary/aromatic N) is 1. The summed E-state index contributed by atoms with van der Waals surface area (Å²) in [7, 11) is 0. The summed E-state index contributed by atoms with van der Waals surface area (Å²) in [5, 5.41) is 19.2. The Morgan fingerprint density at radius 2 is 2.16 bits per heavy atom. The van der Waals surface area contributed by atoms with E-state index in [1.807, 2.05) is 0 Å². The molecule has 0 amide bonds. The van der Waals surface area contributed by atoms with E-state index >= 15 is 0 Å². The topological polar surface area (TPSA) is 89.7 Å². The molecule has 1 aromatic rings. The third-order valence-electron chi connectivity index (χ3n) is 2.19. The fourth-order valence-corrected chi connectivity index (χ4v) is 1.37. The van der Waals surface area contributed by atoms with Gasteiger partial charge in [-0.2, -0.15) is 8.78 Å². The van der Waals surface area contributed by atoms with E-state index in [4.69, 9.17) is 5.11 Å². The van der Waals surface area contributed by atoms with E-state index in [1.165, 1.54) is 6.92 Å². The zero-order chi connectivity index (χ0) is 14.6. The molecule has 1 aromatic carbocycles. The molecule has 19 heavy (non-hydrogen) atoms. The normalized spacial score (nSPS) is 10.9. The number of benzene rings is 1. The van der Waals surface area contributed by atoms with Crippen molar-refractivity contribution in [3.8, 4) is 5.75 Å². The zero-order valence-electron chi connectivity index (χ0n) is 9.67. The van der Waals surface area contributed by atoms with Crippen molar-refractivity contribution in [3.05, 3.63) is 39.4 Å². The van der Waals surface area contributed by atoms with Gasteiger partial charge in [-0.15, -0.1) is 0 Å². The Morgan fingerprint density at radius 3 is 2.63 bits per heavy atom. The van der Waals surface area contributed by atoms with Crippen LogP contribution in [-0.2, 0) is 4.79 Å². The maximum Gasteiger partial charge on any atom is 0.387 e. The Bertz CT molecular complexity index is 542. The van der Waals surface area contributed by atoms with E-state index in [2.05, 4.69) is 4.74 Å². The molecule has 0 spiro atoms. The van der Waals surface area contributed by atoms with Crippen molar-refractivity contribution in [2.75, 3.05) is 0 Å². The number of rotatable bonds is 5. The first-order valence-electron chi connectivity index (χ1n) is 4.96. The van der Waals surface area contributed by atoms with Crippen molar-refractivity contribution < 1.29 is 28.3 Å². The molecule has 0 aliphatic carbocycles. The predicted molar refractivity (Wildman–Crippen MR) is 61.1 cm³/mol. The van der Waals surface area contributed by atoms with E-state index in [9.17, 15) is 23.7 Å². The SMILES string of the molecule is Cc1c(OC(F)F)cc(/C=C/C(=O)O)cc1[N+](=O)[O-]. The number of carbonyl (C=O) groups is 1. The lowest BCUT2D eigenvalue weighted by Gasteiger charge is -2.09. The Morgan fingerprint density at radius 1 is 1.53 bits per heavy atom. The van der Waals surface area contributed by atoms with E-state index in [0.29, 0.717) is 0 Å². The van der Waals surface area contributed by atoms with Crippen molar-refractivity contribution in [3.63, 3.8) is 0 Å². The van der Waals surface area contributed by atoms with Gasteiger partial charge in [0.05, 0.1) is 10.5 Å². The first-order chi connectivity index (χ1) is 8.81. The summed E-state index contributed by atoms with van der Waals surface area (Å²) >= 11 is 0. The van der Waals surface area contributed by atoms with Gasteiger partial charge < -0.3 is 9.84 Å². The number of hydrogen-bond donors (Lipinski definition) is 1. The second-order valence-corrected chi connectivity index (χ2v) is 3.47. The van der Waals surface area contributed by atoms with Crippen molar-refractivity contribution in [1.82, 2.24) is 0 Å². The van der Waals surface area contributed by atoms with Crippen LogP contribution in [0.4, 0.5) is 14.5 Å². The Kier molecular flexibility index (Phi) is 4.51. The van der Waals surface area contributed by atoms with Crippen LogP contribution in [0.5, 0.6) is 5.75 Å². The first kappa shape index (κ1) is 14.6. The smallest absolute Gasteiger partial charge is 0.387 e. The summed E-state index contributed by atoms with van der Waals surface area (Å²) < 4.78 is 28.5. The minimum Gasteiger partial charge on any atom is -0.478 e. The molecule has 0 aromatic heterocycles. The summed E-state index contributed by atoms with van der Waals surface area (Å²) in [5.41, 5.74) is -0.406. The number of carboxylic acid groups (broad SMARTS) is 1. The van der Waals surface area contributed by atoms with Crippen molar-refractivity contribution in [2.24, 2.45) is 0 Å². The van der Waals surface area contributed by atoms with Crippen LogP contribution in [0.1, 0.15) is 11.1 Å². The second kappa shape index (κ2) is 5.89. The Hall–Kier alpha value is -2.51. The van der Waals surface area contributed by atoms with Gasteiger partial charge in [0.1, 0.15) is 5.75 Å². The van der Waals surface area contributed by atoms with E-state index in [0.717, 1.165) is 24.3 Å². The quantitative estimate of drug-likeness (QED) is 0.506. The van der Waals surface area contributed by atoms with Crippen LogP contribution in [0.2, 0.25) is 0 Å². The number of aliphatic carboxylic acids is 1. The monoisotopic (exact) mass is 273 g/mol. The standard InChI is InChI=1S/C11H9F2NO5/c1-6-8(14(17)18)4-7(2-3-10(15)16)5-9(6)19-11(12)13/h2-5,11H,1H3,(H,15,16)/b3-2+. The van der Waals surface area contributed by atoms with Gasteiger partial charge in [-0.1, -0.05) is 0 Å². The summed E-state index contributed by atoms with van der Waals surface area (Å²) in [6.45, 7) is -1.86. The molecule has 6 nitrogen and oxygen atoms in total. The summed E-state index contributed by atoms with van der Waals surface area (Å²) in [5.74, 6) is -1.63. The van der Waals surface area contributed by atoms with Gasteiger partial charge in [-0.05, 0) is 24.6 Å². The van der Waals surface area contributed by atoms with Gasteiger partial charge in [0.2, 0.25) is 0 Å². The molecule has 0 aliphatic heterocycles. The minimum atomic E-state index is -3.13. The van der Waals surface area contributed by atoms with Gasteiger partial charge in [0.15, 0.2) is 0 Å². The maximum absolute atomic E-state index is 12.2. The lowest BCUT2D eigenvalue weighted by atomic mass is 10.1. The Labute approximate surface area is 106 Å². The number of alkyl halides is 2. The highest BCUT2D eigenvalue weighted by Crippen LogP contribution is 2.31. The summed E-state index contributed by atoms with van der Waals surface area (Å²) in [6.07, 6.45) is 1.79. The molecule has 1 N–H and O–H groups in total. The number of ether oxygens (including phenoxy) is 1. The molecule has 8 heteroatoms.